The first kappa shape index (κ1) is 13.6. The van der Waals surface area contributed by atoms with E-state index in [1.807, 2.05) is 38.4 Å². The molecule has 1 heterocycles. The third-order valence-corrected chi connectivity index (χ3v) is 3.74. The van der Waals surface area contributed by atoms with Gasteiger partial charge in [-0.3, -0.25) is 10.1 Å². The smallest absolute Gasteiger partial charge is 0.270 e. The van der Waals surface area contributed by atoms with Gasteiger partial charge < -0.3 is 9.47 Å². The van der Waals surface area contributed by atoms with E-state index in [4.69, 9.17) is 0 Å². The van der Waals surface area contributed by atoms with Crippen molar-refractivity contribution in [3.8, 4) is 0 Å². The maximum absolute atomic E-state index is 11.0. The number of hydrogen-bond donors (Lipinski definition) is 0. The van der Waals surface area contributed by atoms with E-state index in [-0.39, 0.29) is 10.6 Å². The predicted molar refractivity (Wildman–Crippen MR) is 84.7 cm³/mol. The summed E-state index contributed by atoms with van der Waals surface area (Å²) in [5.74, 6) is 0. The molecule has 0 atom stereocenters. The molecular weight excluding hydrogens is 266 g/mol. The third kappa shape index (κ3) is 2.36. The maximum atomic E-state index is 11.0. The molecule has 0 N–H and O–H groups in total. The summed E-state index contributed by atoms with van der Waals surface area (Å²) in [7, 11) is 4.08. The van der Waals surface area contributed by atoms with E-state index in [9.17, 15) is 10.1 Å². The van der Waals surface area contributed by atoms with Crippen LogP contribution in [0.1, 0.15) is 0 Å². The Bertz CT molecular complexity index is 821. The standard InChI is InChI=1S/C16H17N3O2/c1-17(2)9-10-18-15-6-4-3-5-13(15)14-11-12(19(20)21)7-8-16(14)18/h3-8,11H,9-10H2,1-2H3. The number of nitro benzene ring substituents is 1. The number of para-hydroxylation sites is 1. The molecule has 0 aliphatic heterocycles. The minimum atomic E-state index is -0.342. The Hall–Kier alpha value is -2.40. The predicted octanol–water partition coefficient (Wildman–Crippen LogP) is 3.26. The van der Waals surface area contributed by atoms with E-state index in [2.05, 4.69) is 15.5 Å². The minimum Gasteiger partial charge on any atom is -0.339 e. The Labute approximate surface area is 122 Å². The molecular formula is C16H17N3O2. The van der Waals surface area contributed by atoms with Crippen LogP contribution in [0.4, 0.5) is 5.69 Å². The van der Waals surface area contributed by atoms with Crippen molar-refractivity contribution in [3.05, 3.63) is 52.6 Å². The number of fused-ring (bicyclic) bond motifs is 3. The van der Waals surface area contributed by atoms with E-state index in [0.29, 0.717) is 0 Å². The summed E-state index contributed by atoms with van der Waals surface area (Å²) in [4.78, 5) is 12.8. The fraction of sp³-hybridized carbons (Fsp3) is 0.250. The molecule has 0 radical (unpaired) electrons. The molecule has 21 heavy (non-hydrogen) atoms. The van der Waals surface area contributed by atoms with Crippen molar-refractivity contribution < 1.29 is 4.92 Å². The highest BCUT2D eigenvalue weighted by molar-refractivity contribution is 6.08. The van der Waals surface area contributed by atoms with E-state index >= 15 is 0 Å². The fourth-order valence-corrected chi connectivity index (χ4v) is 2.70. The van der Waals surface area contributed by atoms with E-state index in [1.165, 1.54) is 0 Å². The first-order chi connectivity index (χ1) is 10.1. The number of hydrogen-bond acceptors (Lipinski definition) is 3. The highest BCUT2D eigenvalue weighted by Gasteiger charge is 2.14. The zero-order chi connectivity index (χ0) is 15.0. The Morgan fingerprint density at radius 1 is 1.10 bits per heavy atom. The van der Waals surface area contributed by atoms with E-state index < -0.39 is 0 Å². The van der Waals surface area contributed by atoms with Crippen LogP contribution in [0.5, 0.6) is 0 Å². The SMILES string of the molecule is CN(C)CCn1c2ccccc2c2cc([N+](=O)[O-])ccc21. The average Bonchev–Trinajstić information content (AvgIpc) is 2.78. The molecule has 0 aliphatic rings. The summed E-state index contributed by atoms with van der Waals surface area (Å²) in [6.45, 7) is 1.78. The number of non-ortho nitro benzene ring substituents is 1. The van der Waals surface area contributed by atoms with Crippen LogP contribution in [0.15, 0.2) is 42.5 Å². The average molecular weight is 283 g/mol. The second kappa shape index (κ2) is 5.18. The van der Waals surface area contributed by atoms with Crippen molar-refractivity contribution in [1.29, 1.82) is 0 Å². The van der Waals surface area contributed by atoms with Gasteiger partial charge in [0.2, 0.25) is 0 Å². The van der Waals surface area contributed by atoms with Gasteiger partial charge in [0.05, 0.1) is 4.92 Å². The van der Waals surface area contributed by atoms with Crippen molar-refractivity contribution in [1.82, 2.24) is 9.47 Å². The monoisotopic (exact) mass is 283 g/mol. The molecule has 0 bridgehead atoms. The molecule has 2 aromatic carbocycles. The third-order valence-electron chi connectivity index (χ3n) is 3.74. The van der Waals surface area contributed by atoms with Crippen molar-refractivity contribution in [2.45, 2.75) is 6.54 Å². The molecule has 108 valence electrons. The van der Waals surface area contributed by atoms with Crippen LogP contribution in [0.25, 0.3) is 21.8 Å². The summed E-state index contributed by atoms with van der Waals surface area (Å²) in [5.41, 5.74) is 2.30. The molecule has 5 heteroatoms. The van der Waals surface area contributed by atoms with Crippen molar-refractivity contribution in [2.75, 3.05) is 20.6 Å². The van der Waals surface area contributed by atoms with Crippen molar-refractivity contribution >= 4 is 27.5 Å². The second-order valence-corrected chi connectivity index (χ2v) is 5.43. The highest BCUT2D eigenvalue weighted by atomic mass is 16.6. The van der Waals surface area contributed by atoms with Gasteiger partial charge in [0.15, 0.2) is 0 Å². The molecule has 0 unspecified atom stereocenters. The molecule has 0 amide bonds. The van der Waals surface area contributed by atoms with Crippen LogP contribution >= 0.6 is 0 Å². The lowest BCUT2D eigenvalue weighted by molar-refractivity contribution is -0.384. The van der Waals surface area contributed by atoms with Crippen LogP contribution in [-0.2, 0) is 6.54 Å². The van der Waals surface area contributed by atoms with E-state index in [1.54, 1.807) is 12.1 Å². The Balaban J connectivity index is 2.26. The van der Waals surface area contributed by atoms with Gasteiger partial charge >= 0.3 is 0 Å². The molecule has 1 aromatic heterocycles. The van der Waals surface area contributed by atoms with Gasteiger partial charge in [-0.15, -0.1) is 0 Å². The summed E-state index contributed by atoms with van der Waals surface area (Å²) in [5, 5.41) is 13.0. The number of rotatable bonds is 4. The molecule has 3 aromatic rings. The second-order valence-electron chi connectivity index (χ2n) is 5.43. The number of likely N-dealkylation sites (N-methyl/N-ethyl adjacent to an activating group) is 1. The van der Waals surface area contributed by atoms with Gasteiger partial charge in [-0.1, -0.05) is 18.2 Å². The lowest BCUT2D eigenvalue weighted by atomic mass is 10.1. The first-order valence-corrected chi connectivity index (χ1v) is 6.88. The van der Waals surface area contributed by atoms with Crippen LogP contribution in [0.3, 0.4) is 0 Å². The molecule has 5 nitrogen and oxygen atoms in total. The van der Waals surface area contributed by atoms with Gasteiger partial charge in [-0.05, 0) is 26.2 Å². The van der Waals surface area contributed by atoms with Crippen molar-refractivity contribution in [3.63, 3.8) is 0 Å². The summed E-state index contributed by atoms with van der Waals surface area (Å²) in [6, 6.07) is 13.2. The largest absolute Gasteiger partial charge is 0.339 e. The summed E-state index contributed by atoms with van der Waals surface area (Å²) < 4.78 is 2.23. The number of aromatic nitrogens is 1. The zero-order valence-electron chi connectivity index (χ0n) is 12.1. The van der Waals surface area contributed by atoms with Crippen LogP contribution in [0, 0.1) is 10.1 Å². The van der Waals surface area contributed by atoms with Crippen molar-refractivity contribution in [2.24, 2.45) is 0 Å². The first-order valence-electron chi connectivity index (χ1n) is 6.88. The molecule has 0 aliphatic carbocycles. The summed E-state index contributed by atoms with van der Waals surface area (Å²) >= 11 is 0. The van der Waals surface area contributed by atoms with Crippen LogP contribution < -0.4 is 0 Å². The quantitative estimate of drug-likeness (QED) is 0.545. The Morgan fingerprint density at radius 2 is 1.81 bits per heavy atom. The van der Waals surface area contributed by atoms with Crippen LogP contribution in [0.2, 0.25) is 0 Å². The molecule has 3 rings (SSSR count). The highest BCUT2D eigenvalue weighted by Crippen LogP contribution is 2.31. The molecule has 0 saturated heterocycles. The lowest BCUT2D eigenvalue weighted by Crippen LogP contribution is -2.18. The zero-order valence-corrected chi connectivity index (χ0v) is 12.1. The number of benzene rings is 2. The topological polar surface area (TPSA) is 51.3 Å². The normalized spacial score (nSPS) is 11.6. The van der Waals surface area contributed by atoms with Gasteiger partial charge in [-0.2, -0.15) is 0 Å². The van der Waals surface area contributed by atoms with Gasteiger partial charge in [0.1, 0.15) is 0 Å². The maximum Gasteiger partial charge on any atom is 0.270 e. The van der Waals surface area contributed by atoms with Gasteiger partial charge in [0.25, 0.3) is 5.69 Å². The Kier molecular flexibility index (Phi) is 3.35. The van der Waals surface area contributed by atoms with Gasteiger partial charge in [-0.25, -0.2) is 0 Å². The number of nitrogens with zero attached hydrogens (tertiary/aromatic N) is 3. The summed E-state index contributed by atoms with van der Waals surface area (Å²) in [6.07, 6.45) is 0. The minimum absolute atomic E-state index is 0.137. The van der Waals surface area contributed by atoms with Crippen LogP contribution in [-0.4, -0.2) is 35.0 Å². The molecule has 0 saturated carbocycles. The lowest BCUT2D eigenvalue weighted by Gasteiger charge is -2.12. The molecule has 0 spiro atoms. The Morgan fingerprint density at radius 3 is 2.52 bits per heavy atom. The number of nitro groups is 1. The molecule has 0 fully saturated rings. The van der Waals surface area contributed by atoms with E-state index in [0.717, 1.165) is 34.9 Å². The van der Waals surface area contributed by atoms with Gasteiger partial charge in [0, 0.05) is 47.0 Å². The fourth-order valence-electron chi connectivity index (χ4n) is 2.70.